The lowest BCUT2D eigenvalue weighted by atomic mass is 9.45. The Labute approximate surface area is 282 Å². The van der Waals surface area contributed by atoms with E-state index in [0.717, 1.165) is 68.6 Å². The van der Waals surface area contributed by atoms with E-state index in [2.05, 4.69) is 26.8 Å². The van der Waals surface area contributed by atoms with Gasteiger partial charge in [0.2, 0.25) is 0 Å². The lowest BCUT2D eigenvalue weighted by Gasteiger charge is -2.60. The first-order valence-electron chi connectivity index (χ1n) is 18.3. The number of halogens is 1. The monoisotopic (exact) mass is 664 g/mol. The Morgan fingerprint density at radius 3 is 2.73 bits per heavy atom. The van der Waals surface area contributed by atoms with E-state index in [1.54, 1.807) is 12.1 Å². The minimum absolute atomic E-state index is 0.00193. The van der Waals surface area contributed by atoms with Crippen LogP contribution in [0.3, 0.4) is 0 Å². The van der Waals surface area contributed by atoms with E-state index < -0.39 is 36.1 Å². The lowest BCUT2D eigenvalue weighted by molar-refractivity contribution is -0.919. The quantitative estimate of drug-likeness (QED) is 0.359. The zero-order valence-corrected chi connectivity index (χ0v) is 28.5. The predicted octanol–water partition coefficient (Wildman–Crippen LogP) is 3.16. The van der Waals surface area contributed by atoms with Crippen LogP contribution in [0.15, 0.2) is 30.0 Å². The van der Waals surface area contributed by atoms with Gasteiger partial charge in [0.1, 0.15) is 19.0 Å². The van der Waals surface area contributed by atoms with E-state index in [-0.39, 0.29) is 40.9 Å². The first kappa shape index (κ1) is 32.7. The summed E-state index contributed by atoms with van der Waals surface area (Å²) in [6.07, 6.45) is 9.13. The molecule has 48 heavy (non-hydrogen) atoms. The molecule has 0 radical (unpaired) electrons. The number of fused-ring (bicyclic) bond motifs is 8. The number of rotatable bonds is 7. The van der Waals surface area contributed by atoms with Gasteiger partial charge in [-0.2, -0.15) is 5.10 Å². The van der Waals surface area contributed by atoms with Crippen LogP contribution in [0.5, 0.6) is 0 Å². The van der Waals surface area contributed by atoms with Gasteiger partial charge in [0.15, 0.2) is 17.7 Å². The third-order valence-corrected chi connectivity index (χ3v) is 13.7. The van der Waals surface area contributed by atoms with E-state index >= 15 is 4.39 Å². The summed E-state index contributed by atoms with van der Waals surface area (Å²) in [5.74, 6) is -0.224. The van der Waals surface area contributed by atoms with Crippen LogP contribution in [0.2, 0.25) is 0 Å². The Bertz CT molecular complexity index is 1620. The topological polar surface area (TPSA) is 118 Å². The predicted molar refractivity (Wildman–Crippen MR) is 175 cm³/mol. The summed E-state index contributed by atoms with van der Waals surface area (Å²) in [5.41, 5.74) is 2.80. The van der Waals surface area contributed by atoms with Gasteiger partial charge in [0.25, 0.3) is 0 Å². The smallest absolute Gasteiger partial charge is 0.193 e. The molecule has 6 aliphatic rings. The highest BCUT2D eigenvalue weighted by molar-refractivity contribution is 5.91. The van der Waals surface area contributed by atoms with Gasteiger partial charge in [-0.3, -0.25) is 4.79 Å². The molecule has 5 fully saturated rings. The Morgan fingerprint density at radius 2 is 1.98 bits per heavy atom. The highest BCUT2D eigenvalue weighted by atomic mass is 19.1. The molecule has 9 nitrogen and oxygen atoms in total. The Hall–Kier alpha value is -2.47. The van der Waals surface area contributed by atoms with Crippen molar-refractivity contribution in [2.24, 2.45) is 28.6 Å². The van der Waals surface area contributed by atoms with Crippen LogP contribution in [-0.2, 0) is 27.2 Å². The van der Waals surface area contributed by atoms with Crippen molar-refractivity contribution in [1.29, 1.82) is 0 Å². The maximum atomic E-state index is 15.0. The number of aliphatic hydroxyl groups is 3. The van der Waals surface area contributed by atoms with Crippen molar-refractivity contribution >= 4 is 11.9 Å². The number of hydrogen-bond acceptors (Lipinski definition) is 7. The second kappa shape index (κ2) is 11.8. The normalized spacial score (nSPS) is 41.5. The van der Waals surface area contributed by atoms with E-state index in [1.165, 1.54) is 10.5 Å². The van der Waals surface area contributed by atoms with Crippen LogP contribution < -0.4 is 4.90 Å². The fourth-order valence-corrected chi connectivity index (χ4v) is 11.5. The number of ketones is 1. The number of nitrogens with one attached hydrogen (secondary N) is 1. The van der Waals surface area contributed by atoms with E-state index in [4.69, 9.17) is 14.6 Å². The van der Waals surface area contributed by atoms with Crippen molar-refractivity contribution in [2.45, 2.75) is 115 Å². The molecule has 2 aliphatic heterocycles. The molecule has 1 aromatic carbocycles. The number of aliphatic hydroxyl groups excluding tert-OH is 3. The molecule has 10 heteroatoms. The molecule has 0 unspecified atom stereocenters. The van der Waals surface area contributed by atoms with Crippen LogP contribution in [0.4, 0.5) is 4.39 Å². The fourth-order valence-electron chi connectivity index (χ4n) is 11.5. The number of Topliss-reactive ketones (excluding diaryl/α,β-unsaturated/α-hetero) is 1. The van der Waals surface area contributed by atoms with E-state index in [0.29, 0.717) is 31.4 Å². The van der Waals surface area contributed by atoms with Gasteiger partial charge in [0.05, 0.1) is 49.0 Å². The summed E-state index contributed by atoms with van der Waals surface area (Å²) in [6.45, 7) is 8.12. The first-order chi connectivity index (χ1) is 23.0. The summed E-state index contributed by atoms with van der Waals surface area (Å²) in [4.78, 5) is 14.9. The standard InChI is InChI=1S/C38H50FN3O6/c1-4-5-34-47-33-16-28-27-8-6-24-15-30-23(17-36(24,2)35(27)31(45)18-37(28,3)38(33,48-34)32(46)21-43)19-40-42(30)25-7-9-29(39)22(14-25)20-41-12-10-26(44)11-13-41/h7,9,14-15,19,26-28,31,33-35,43-45H,4-6,8,10-13,16-18,20-21H2,1-3H3/p+1/t27-,28-,31-,33+,34-,35+,36-,37-,38+/m0/s1. The van der Waals surface area contributed by atoms with Gasteiger partial charge >= 0.3 is 0 Å². The molecular formula is C38H51FN3O6+. The molecule has 2 aromatic rings. The first-order valence-corrected chi connectivity index (χ1v) is 18.3. The van der Waals surface area contributed by atoms with Gasteiger partial charge in [0, 0.05) is 23.8 Å². The summed E-state index contributed by atoms with van der Waals surface area (Å²) >= 11 is 0. The van der Waals surface area contributed by atoms with Gasteiger partial charge < -0.3 is 29.7 Å². The summed E-state index contributed by atoms with van der Waals surface area (Å²) < 4.78 is 29.9. The molecule has 3 saturated carbocycles. The van der Waals surface area contributed by atoms with Crippen molar-refractivity contribution in [3.63, 3.8) is 0 Å². The van der Waals surface area contributed by atoms with Gasteiger partial charge in [-0.15, -0.1) is 0 Å². The number of nitrogens with zero attached hydrogens (tertiary/aromatic N) is 2. The van der Waals surface area contributed by atoms with Crippen LogP contribution in [-0.4, -0.2) is 80.8 Å². The zero-order valence-electron chi connectivity index (χ0n) is 28.5. The summed E-state index contributed by atoms with van der Waals surface area (Å²) in [7, 11) is 0. The number of carbonyl (C=O) groups excluding carboxylic acids is 1. The number of allylic oxidation sites excluding steroid dienone is 1. The minimum Gasteiger partial charge on any atom is -0.393 e. The second-order valence-electron chi connectivity index (χ2n) is 16.2. The summed E-state index contributed by atoms with van der Waals surface area (Å²) in [5, 5.41) is 37.0. The van der Waals surface area contributed by atoms with Crippen LogP contribution in [0.1, 0.15) is 89.0 Å². The molecule has 0 amide bonds. The Balaban J connectivity index is 1.08. The van der Waals surface area contributed by atoms with Crippen molar-refractivity contribution in [3.8, 4) is 5.69 Å². The van der Waals surface area contributed by atoms with Crippen molar-refractivity contribution in [1.82, 2.24) is 9.78 Å². The molecule has 0 spiro atoms. The van der Waals surface area contributed by atoms with Crippen molar-refractivity contribution < 1.29 is 38.9 Å². The fraction of sp³-hybridized carbons (Fsp3) is 0.684. The number of quaternary nitrogens is 1. The van der Waals surface area contributed by atoms with Crippen LogP contribution >= 0.6 is 0 Å². The second-order valence-corrected chi connectivity index (χ2v) is 16.2. The molecule has 0 bridgehead atoms. The Kier molecular flexibility index (Phi) is 8.05. The van der Waals surface area contributed by atoms with Crippen LogP contribution in [0.25, 0.3) is 11.8 Å². The number of carbonyl (C=O) groups is 1. The van der Waals surface area contributed by atoms with Crippen molar-refractivity contribution in [2.75, 3.05) is 19.7 Å². The number of aromatic nitrogens is 2. The third-order valence-electron chi connectivity index (χ3n) is 13.7. The van der Waals surface area contributed by atoms with Crippen molar-refractivity contribution in [3.05, 3.63) is 52.6 Å². The lowest BCUT2D eigenvalue weighted by Crippen LogP contribution is -3.12. The minimum atomic E-state index is -1.24. The molecule has 4 N–H and O–H groups in total. The average Bonchev–Trinajstić information content (AvgIpc) is 3.70. The van der Waals surface area contributed by atoms with E-state index in [9.17, 15) is 20.1 Å². The highest BCUT2D eigenvalue weighted by Crippen LogP contribution is 2.70. The van der Waals surface area contributed by atoms with Crippen LogP contribution in [0, 0.1) is 34.4 Å². The SMILES string of the molecule is CCC[C@H]1O[C@@H]2C[C@H]3[C@@H]4CCC5=Cc6c(cnn6-c6ccc(F)c(C[NH+]7CCC(O)CC7)c6)C[C@]5(C)[C@H]4[C@@H](O)C[C@]3(C)[C@]2(C(=O)CO)O1. The average molecular weight is 665 g/mol. The maximum absolute atomic E-state index is 15.0. The number of hydrogen-bond donors (Lipinski definition) is 4. The molecule has 8 rings (SSSR count). The molecule has 2 saturated heterocycles. The molecule has 3 heterocycles. The molecule has 1 aromatic heterocycles. The molecule has 260 valence electrons. The number of ether oxygens (including phenoxy) is 2. The molecule has 4 aliphatic carbocycles. The largest absolute Gasteiger partial charge is 0.393 e. The Morgan fingerprint density at radius 1 is 1.19 bits per heavy atom. The van der Waals surface area contributed by atoms with Gasteiger partial charge in [-0.05, 0) is 91.5 Å². The molecular weight excluding hydrogens is 613 g/mol. The van der Waals surface area contributed by atoms with E-state index in [1.807, 2.05) is 16.9 Å². The number of likely N-dealkylation sites (tertiary alicyclic amines) is 1. The number of piperidine rings is 1. The van der Waals surface area contributed by atoms with Gasteiger partial charge in [-0.25, -0.2) is 9.07 Å². The summed E-state index contributed by atoms with van der Waals surface area (Å²) in [6, 6.07) is 5.26. The highest BCUT2D eigenvalue weighted by Gasteiger charge is 2.75. The number of benzene rings is 1. The maximum Gasteiger partial charge on any atom is 0.193 e. The molecule has 9 atom stereocenters. The van der Waals surface area contributed by atoms with Gasteiger partial charge in [-0.1, -0.05) is 32.8 Å². The zero-order chi connectivity index (χ0) is 33.6. The third kappa shape index (κ3) is 4.69.